The molecule has 4 atom stereocenters. The number of carbonyl (C=O) groups is 3. The lowest BCUT2D eigenvalue weighted by Crippen LogP contribution is -2.40. The summed E-state index contributed by atoms with van der Waals surface area (Å²) in [5, 5.41) is 0. The number of nitrogen functional groups attached to an aromatic ring is 1. The number of rotatable bonds is 5. The molecule has 1 aliphatic rings. The van der Waals surface area contributed by atoms with E-state index in [9.17, 15) is 14.4 Å². The topological polar surface area (TPSA) is 158 Å². The second-order valence-corrected chi connectivity index (χ2v) is 6.10. The molecule has 2 aromatic rings. The summed E-state index contributed by atoms with van der Waals surface area (Å²) in [5.74, 6) is -1.74. The molecule has 12 nitrogen and oxygen atoms in total. The fourth-order valence-corrected chi connectivity index (χ4v) is 2.94. The molecular weight excluding hydrogens is 374 g/mol. The Morgan fingerprint density at radius 2 is 1.79 bits per heavy atom. The average molecular weight is 393 g/mol. The molecule has 3 heterocycles. The number of fused-ring (bicyclic) bond motifs is 1. The predicted octanol–water partition coefficient (Wildman–Crippen LogP) is -0.268. The van der Waals surface area contributed by atoms with Crippen molar-refractivity contribution in [2.75, 3.05) is 12.3 Å². The van der Waals surface area contributed by atoms with Crippen molar-refractivity contribution in [1.82, 2.24) is 19.5 Å². The molecule has 1 saturated heterocycles. The van der Waals surface area contributed by atoms with E-state index in [1.165, 1.54) is 37.9 Å². The number of nitrogens with zero attached hydrogens (tertiary/aromatic N) is 4. The smallest absolute Gasteiger partial charge is 0.303 e. The predicted molar refractivity (Wildman–Crippen MR) is 91.4 cm³/mol. The van der Waals surface area contributed by atoms with Gasteiger partial charge in [-0.25, -0.2) is 9.97 Å². The van der Waals surface area contributed by atoms with E-state index in [-0.39, 0.29) is 12.6 Å². The van der Waals surface area contributed by atoms with Crippen LogP contribution in [-0.4, -0.2) is 62.3 Å². The lowest BCUT2D eigenvalue weighted by atomic mass is 10.1. The molecule has 0 bridgehead atoms. The third-order valence-electron chi connectivity index (χ3n) is 3.95. The van der Waals surface area contributed by atoms with Gasteiger partial charge in [-0.2, -0.15) is 4.98 Å². The van der Waals surface area contributed by atoms with Gasteiger partial charge < -0.3 is 24.7 Å². The van der Waals surface area contributed by atoms with E-state index in [1.807, 2.05) is 0 Å². The summed E-state index contributed by atoms with van der Waals surface area (Å²) < 4.78 is 23.1. The largest absolute Gasteiger partial charge is 0.463 e. The fourth-order valence-electron chi connectivity index (χ4n) is 2.94. The van der Waals surface area contributed by atoms with Gasteiger partial charge in [0, 0.05) is 20.8 Å². The summed E-state index contributed by atoms with van der Waals surface area (Å²) in [6, 6.07) is 0. The Hall–Kier alpha value is -3.28. The van der Waals surface area contributed by atoms with Crippen LogP contribution >= 0.6 is 0 Å². The molecule has 1 aliphatic heterocycles. The monoisotopic (exact) mass is 393 g/mol. The van der Waals surface area contributed by atoms with Crippen molar-refractivity contribution >= 4 is 35.0 Å². The van der Waals surface area contributed by atoms with Gasteiger partial charge in [0.1, 0.15) is 18.2 Å². The Morgan fingerprint density at radius 1 is 1.11 bits per heavy atom. The lowest BCUT2D eigenvalue weighted by molar-refractivity contribution is -0.166. The first kappa shape index (κ1) is 19.5. The van der Waals surface area contributed by atoms with Gasteiger partial charge in [0.25, 0.3) is 0 Å². The van der Waals surface area contributed by atoms with E-state index in [0.717, 1.165) is 0 Å². The highest BCUT2D eigenvalue weighted by atomic mass is 16.7. The summed E-state index contributed by atoms with van der Waals surface area (Å²) in [5.41, 5.74) is 6.43. The Bertz CT molecular complexity index is 914. The molecule has 3 rings (SSSR count). The van der Waals surface area contributed by atoms with E-state index >= 15 is 0 Å². The number of anilines is 1. The van der Waals surface area contributed by atoms with Gasteiger partial charge >= 0.3 is 17.9 Å². The molecule has 0 saturated carbocycles. The summed E-state index contributed by atoms with van der Waals surface area (Å²) in [4.78, 5) is 46.6. The molecule has 150 valence electrons. The number of ether oxygens (including phenoxy) is 4. The third kappa shape index (κ3) is 4.01. The number of hydrogen-bond acceptors (Lipinski definition) is 11. The third-order valence-corrected chi connectivity index (χ3v) is 3.95. The number of hydrogen-bond donors (Lipinski definition) is 1. The van der Waals surface area contributed by atoms with Gasteiger partial charge in [-0.1, -0.05) is 0 Å². The van der Waals surface area contributed by atoms with Gasteiger partial charge in [-0.3, -0.25) is 19.0 Å². The standard InChI is InChI=1S/C16H19N5O7/c1-7(22)25-5-11-12(26-8(2)23)13(27-9(3)24)15(28-11)21-6-19-10-4-18-16(17)20-14(10)21/h4,6,11-13,15H,5H2,1-3H3,(H2,17,18,20)/t11-,12+,13?,15-/m1/s1. The van der Waals surface area contributed by atoms with Crippen molar-refractivity contribution < 1.29 is 33.3 Å². The number of aromatic nitrogens is 4. The highest BCUT2D eigenvalue weighted by molar-refractivity contribution is 5.71. The first-order valence-electron chi connectivity index (χ1n) is 8.34. The molecule has 2 N–H and O–H groups in total. The molecular formula is C16H19N5O7. The molecule has 0 amide bonds. The molecule has 0 aromatic carbocycles. The van der Waals surface area contributed by atoms with E-state index < -0.39 is 42.4 Å². The van der Waals surface area contributed by atoms with Crippen LogP contribution in [0.2, 0.25) is 0 Å². The Kier molecular flexibility index (Phi) is 5.40. The molecule has 2 aromatic heterocycles. The second kappa shape index (κ2) is 7.76. The molecule has 0 radical (unpaired) electrons. The first-order valence-corrected chi connectivity index (χ1v) is 8.34. The maximum atomic E-state index is 11.7. The molecule has 0 spiro atoms. The van der Waals surface area contributed by atoms with Crippen LogP contribution in [0.25, 0.3) is 11.2 Å². The van der Waals surface area contributed by atoms with Gasteiger partial charge in [0.05, 0.1) is 12.5 Å². The highest BCUT2D eigenvalue weighted by Gasteiger charge is 2.51. The molecule has 28 heavy (non-hydrogen) atoms. The van der Waals surface area contributed by atoms with Gasteiger partial charge in [-0.15, -0.1) is 0 Å². The maximum Gasteiger partial charge on any atom is 0.303 e. The minimum atomic E-state index is -1.03. The summed E-state index contributed by atoms with van der Waals surface area (Å²) in [6.45, 7) is 3.46. The number of imidazole rings is 1. The van der Waals surface area contributed by atoms with Gasteiger partial charge in [-0.05, 0) is 0 Å². The fraction of sp³-hybridized carbons (Fsp3) is 0.500. The average Bonchev–Trinajstić information content (AvgIpc) is 3.14. The Morgan fingerprint density at radius 3 is 2.43 bits per heavy atom. The zero-order chi connectivity index (χ0) is 20.4. The Balaban J connectivity index is 2.00. The lowest BCUT2D eigenvalue weighted by Gasteiger charge is -2.23. The van der Waals surface area contributed by atoms with Crippen LogP contribution in [0, 0.1) is 0 Å². The van der Waals surface area contributed by atoms with Gasteiger partial charge in [0.15, 0.2) is 24.1 Å². The summed E-state index contributed by atoms with van der Waals surface area (Å²) >= 11 is 0. The van der Waals surface area contributed by atoms with E-state index in [2.05, 4.69) is 15.0 Å². The normalized spacial score (nSPS) is 24.1. The number of esters is 3. The zero-order valence-corrected chi connectivity index (χ0v) is 15.4. The van der Waals surface area contributed by atoms with Crippen LogP contribution < -0.4 is 5.73 Å². The van der Waals surface area contributed by atoms with Crippen LogP contribution in [0.15, 0.2) is 12.5 Å². The van der Waals surface area contributed by atoms with Gasteiger partial charge in [0.2, 0.25) is 5.95 Å². The highest BCUT2D eigenvalue weighted by Crippen LogP contribution is 2.35. The van der Waals surface area contributed by atoms with Crippen LogP contribution in [0.5, 0.6) is 0 Å². The molecule has 12 heteroatoms. The number of carbonyl (C=O) groups excluding carboxylic acids is 3. The zero-order valence-electron chi connectivity index (χ0n) is 15.4. The molecule has 0 aliphatic carbocycles. The van der Waals surface area contributed by atoms with Crippen LogP contribution in [0.3, 0.4) is 0 Å². The first-order chi connectivity index (χ1) is 13.3. The summed E-state index contributed by atoms with van der Waals surface area (Å²) in [6.07, 6.45) is -1.02. The van der Waals surface area contributed by atoms with Crippen LogP contribution in [0.4, 0.5) is 5.95 Å². The minimum Gasteiger partial charge on any atom is -0.463 e. The van der Waals surface area contributed by atoms with Crippen LogP contribution in [0.1, 0.15) is 27.0 Å². The maximum absolute atomic E-state index is 11.7. The van der Waals surface area contributed by atoms with E-state index in [4.69, 9.17) is 24.7 Å². The van der Waals surface area contributed by atoms with E-state index in [1.54, 1.807) is 0 Å². The molecule has 1 unspecified atom stereocenters. The minimum absolute atomic E-state index is 0.0179. The molecule has 1 fully saturated rings. The SMILES string of the molecule is CC(=O)OC[C@H]1O[C@@H](n2cnc3cnc(N)nc32)C(OC(C)=O)[C@H]1OC(C)=O. The van der Waals surface area contributed by atoms with Crippen molar-refractivity contribution in [2.45, 2.75) is 45.3 Å². The number of nitrogens with two attached hydrogens (primary N) is 1. The van der Waals surface area contributed by atoms with Crippen molar-refractivity contribution in [3.63, 3.8) is 0 Å². The van der Waals surface area contributed by atoms with Crippen molar-refractivity contribution in [1.29, 1.82) is 0 Å². The quantitative estimate of drug-likeness (QED) is 0.526. The van der Waals surface area contributed by atoms with Crippen LogP contribution in [-0.2, 0) is 33.3 Å². The Labute approximate surface area is 158 Å². The van der Waals surface area contributed by atoms with E-state index in [0.29, 0.717) is 11.2 Å². The second-order valence-electron chi connectivity index (χ2n) is 6.10. The van der Waals surface area contributed by atoms with Crippen molar-refractivity contribution in [3.8, 4) is 0 Å². The van der Waals surface area contributed by atoms with Crippen molar-refractivity contribution in [2.24, 2.45) is 0 Å². The van der Waals surface area contributed by atoms with Crippen molar-refractivity contribution in [3.05, 3.63) is 12.5 Å². The summed E-state index contributed by atoms with van der Waals surface area (Å²) in [7, 11) is 0.